The van der Waals surface area contributed by atoms with E-state index in [9.17, 15) is 9.59 Å². The van der Waals surface area contributed by atoms with Crippen LogP contribution in [0.25, 0.3) is 0 Å². The first-order valence-electron chi connectivity index (χ1n) is 9.67. The molecule has 6 heteroatoms. The van der Waals surface area contributed by atoms with Crippen molar-refractivity contribution in [1.29, 1.82) is 0 Å². The molecule has 3 aliphatic rings. The van der Waals surface area contributed by atoms with Crippen LogP contribution >= 0.6 is 23.2 Å². The summed E-state index contributed by atoms with van der Waals surface area (Å²) in [6.07, 6.45) is 3.26. The number of halogens is 2. The van der Waals surface area contributed by atoms with Gasteiger partial charge in [-0.3, -0.25) is 9.59 Å². The average molecular weight is 415 g/mol. The van der Waals surface area contributed by atoms with Crippen LogP contribution in [0.1, 0.15) is 42.7 Å². The number of hydrogen-bond acceptors (Lipinski definition) is 2. The minimum Gasteiger partial charge on any atom is -0.323 e. The number of carbonyl (C=O) groups is 2. The summed E-state index contributed by atoms with van der Waals surface area (Å²) in [7, 11) is 0. The number of fused-ring (bicyclic) bond motifs is 2. The minimum atomic E-state index is -1.05. The number of hydrogen-bond donors (Lipinski definition) is 1. The molecule has 2 atom stereocenters. The Labute approximate surface area is 173 Å². The molecule has 0 bridgehead atoms. The van der Waals surface area contributed by atoms with Crippen molar-refractivity contribution in [3.05, 3.63) is 63.6 Å². The van der Waals surface area contributed by atoms with Crippen LogP contribution in [0.5, 0.6) is 0 Å². The molecule has 5 rings (SSSR count). The molecule has 1 aliphatic carbocycles. The fourth-order valence-corrected chi connectivity index (χ4v) is 5.21. The fourth-order valence-electron chi connectivity index (χ4n) is 4.84. The Hall–Kier alpha value is -2.04. The maximum absolute atomic E-state index is 13.6. The second-order valence-corrected chi connectivity index (χ2v) is 8.88. The second kappa shape index (κ2) is 6.50. The number of nitrogens with one attached hydrogen (secondary N) is 1. The van der Waals surface area contributed by atoms with Gasteiger partial charge < -0.3 is 10.2 Å². The van der Waals surface area contributed by atoms with Gasteiger partial charge in [0.15, 0.2) is 5.54 Å². The van der Waals surface area contributed by atoms with E-state index in [0.29, 0.717) is 41.0 Å². The predicted octanol–water partition coefficient (Wildman–Crippen LogP) is 4.96. The van der Waals surface area contributed by atoms with Crippen molar-refractivity contribution in [2.75, 3.05) is 11.9 Å². The summed E-state index contributed by atoms with van der Waals surface area (Å²) in [4.78, 5) is 28.5. The van der Waals surface area contributed by atoms with Crippen molar-refractivity contribution in [1.82, 2.24) is 4.90 Å². The lowest BCUT2D eigenvalue weighted by atomic mass is 9.69. The predicted molar refractivity (Wildman–Crippen MR) is 110 cm³/mol. The van der Waals surface area contributed by atoms with Crippen LogP contribution in [-0.2, 0) is 15.1 Å². The molecular formula is C22H20Cl2N2O2. The normalized spacial score (nSPS) is 26.5. The van der Waals surface area contributed by atoms with Gasteiger partial charge in [-0.1, -0.05) is 41.4 Å². The van der Waals surface area contributed by atoms with Gasteiger partial charge in [-0.25, -0.2) is 0 Å². The molecule has 1 N–H and O–H groups in total. The smallest absolute Gasteiger partial charge is 0.255 e. The molecule has 0 radical (unpaired) electrons. The topological polar surface area (TPSA) is 49.4 Å². The van der Waals surface area contributed by atoms with Crippen molar-refractivity contribution in [3.63, 3.8) is 0 Å². The molecule has 1 saturated carbocycles. The molecule has 2 aromatic rings. The van der Waals surface area contributed by atoms with Gasteiger partial charge in [0.05, 0.1) is 0 Å². The fraction of sp³-hybridized carbons (Fsp3) is 0.364. The SMILES string of the molecule is O=C1CCC(c2cccc(Cl)c2)C2(C(=O)Nc3cc(Cl)ccc32)N1CC1CC1. The molecule has 2 amide bonds. The van der Waals surface area contributed by atoms with Crippen molar-refractivity contribution in [2.45, 2.75) is 37.1 Å². The number of nitrogens with zero attached hydrogens (tertiary/aromatic N) is 1. The number of rotatable bonds is 3. The number of piperidine rings is 1. The van der Waals surface area contributed by atoms with Crippen molar-refractivity contribution in [2.24, 2.45) is 5.92 Å². The highest BCUT2D eigenvalue weighted by atomic mass is 35.5. The Morgan fingerprint density at radius 2 is 1.82 bits per heavy atom. The van der Waals surface area contributed by atoms with Crippen molar-refractivity contribution >= 4 is 40.7 Å². The third-order valence-corrected chi connectivity index (χ3v) is 6.72. The van der Waals surface area contributed by atoms with E-state index in [1.165, 1.54) is 0 Å². The van der Waals surface area contributed by atoms with Gasteiger partial charge in [0.2, 0.25) is 5.91 Å². The molecule has 2 aromatic carbocycles. The number of likely N-dealkylation sites (tertiary alicyclic amines) is 1. The average Bonchev–Trinajstić information content (AvgIpc) is 3.43. The van der Waals surface area contributed by atoms with Crippen molar-refractivity contribution < 1.29 is 9.59 Å². The lowest BCUT2D eigenvalue weighted by molar-refractivity contribution is -0.152. The quantitative estimate of drug-likeness (QED) is 0.771. The molecule has 2 unspecified atom stereocenters. The van der Waals surface area contributed by atoms with E-state index in [4.69, 9.17) is 23.2 Å². The Kier molecular flexibility index (Phi) is 4.18. The lowest BCUT2D eigenvalue weighted by Gasteiger charge is -2.48. The summed E-state index contributed by atoms with van der Waals surface area (Å²) in [6.45, 7) is 0.616. The molecule has 2 heterocycles. The van der Waals surface area contributed by atoms with E-state index >= 15 is 0 Å². The van der Waals surface area contributed by atoms with E-state index in [-0.39, 0.29) is 17.7 Å². The van der Waals surface area contributed by atoms with Crippen LogP contribution in [0.15, 0.2) is 42.5 Å². The van der Waals surface area contributed by atoms with E-state index in [2.05, 4.69) is 5.32 Å². The molecule has 0 aromatic heterocycles. The van der Waals surface area contributed by atoms with E-state index in [0.717, 1.165) is 24.0 Å². The highest BCUT2D eigenvalue weighted by Gasteiger charge is 2.60. The van der Waals surface area contributed by atoms with Crippen LogP contribution in [0.4, 0.5) is 5.69 Å². The molecule has 1 spiro atoms. The van der Waals surface area contributed by atoms with Crippen LogP contribution in [0, 0.1) is 5.92 Å². The Morgan fingerprint density at radius 3 is 2.57 bits per heavy atom. The highest BCUT2D eigenvalue weighted by Crippen LogP contribution is 2.55. The molecule has 2 fully saturated rings. The van der Waals surface area contributed by atoms with Crippen LogP contribution < -0.4 is 5.32 Å². The number of carbonyl (C=O) groups excluding carboxylic acids is 2. The molecule has 1 saturated heterocycles. The second-order valence-electron chi connectivity index (χ2n) is 8.00. The highest BCUT2D eigenvalue weighted by molar-refractivity contribution is 6.31. The third-order valence-electron chi connectivity index (χ3n) is 6.25. The molecule has 28 heavy (non-hydrogen) atoms. The maximum Gasteiger partial charge on any atom is 0.255 e. The summed E-state index contributed by atoms with van der Waals surface area (Å²) in [5.41, 5.74) is 1.46. The van der Waals surface area contributed by atoms with Gasteiger partial charge >= 0.3 is 0 Å². The van der Waals surface area contributed by atoms with E-state index < -0.39 is 5.54 Å². The Bertz CT molecular complexity index is 988. The summed E-state index contributed by atoms with van der Waals surface area (Å²) >= 11 is 12.5. The number of anilines is 1. The lowest BCUT2D eigenvalue weighted by Crippen LogP contribution is -2.60. The van der Waals surface area contributed by atoms with Crippen molar-refractivity contribution in [3.8, 4) is 0 Å². The van der Waals surface area contributed by atoms with Crippen LogP contribution in [0.3, 0.4) is 0 Å². The molecule has 144 valence electrons. The Morgan fingerprint density at radius 1 is 1.04 bits per heavy atom. The van der Waals surface area contributed by atoms with Gasteiger partial charge in [-0.15, -0.1) is 0 Å². The minimum absolute atomic E-state index is 0.0446. The van der Waals surface area contributed by atoms with Gasteiger partial charge in [0.1, 0.15) is 0 Å². The monoisotopic (exact) mass is 414 g/mol. The van der Waals surface area contributed by atoms with E-state index in [1.807, 2.05) is 35.2 Å². The van der Waals surface area contributed by atoms with E-state index in [1.54, 1.807) is 12.1 Å². The van der Waals surface area contributed by atoms with Gasteiger partial charge in [-0.05, 0) is 55.0 Å². The standard InChI is InChI=1S/C22H20Cl2N2O2/c23-15-3-1-2-14(10-15)17-8-9-20(27)26(12-13-4-5-13)22(17)18-7-6-16(24)11-19(18)25-21(22)28/h1-3,6-7,10-11,13,17H,4-5,8-9,12H2,(H,25,28). The zero-order valence-corrected chi connectivity index (χ0v) is 16.8. The maximum atomic E-state index is 13.6. The first-order chi connectivity index (χ1) is 13.5. The Balaban J connectivity index is 1.73. The molecule has 2 aliphatic heterocycles. The van der Waals surface area contributed by atoms with Gasteiger partial charge in [0.25, 0.3) is 5.91 Å². The van der Waals surface area contributed by atoms with Gasteiger partial charge in [0, 0.05) is 40.2 Å². The van der Waals surface area contributed by atoms with Crippen LogP contribution in [0.2, 0.25) is 10.0 Å². The van der Waals surface area contributed by atoms with Crippen LogP contribution in [-0.4, -0.2) is 23.3 Å². The first-order valence-corrected chi connectivity index (χ1v) is 10.4. The zero-order chi connectivity index (χ0) is 19.5. The summed E-state index contributed by atoms with van der Waals surface area (Å²) in [5, 5.41) is 4.20. The largest absolute Gasteiger partial charge is 0.323 e. The summed E-state index contributed by atoms with van der Waals surface area (Å²) in [5.74, 6) is 0.208. The first kappa shape index (κ1) is 18.0. The number of benzene rings is 2. The third kappa shape index (κ3) is 2.66. The summed E-state index contributed by atoms with van der Waals surface area (Å²) in [6, 6.07) is 13.1. The zero-order valence-electron chi connectivity index (χ0n) is 15.3. The van der Waals surface area contributed by atoms with Gasteiger partial charge in [-0.2, -0.15) is 0 Å². The molecular weight excluding hydrogens is 395 g/mol. The molecule has 4 nitrogen and oxygen atoms in total. The number of amides is 2. The summed E-state index contributed by atoms with van der Waals surface area (Å²) < 4.78 is 0.